The van der Waals surface area contributed by atoms with Gasteiger partial charge in [0.1, 0.15) is 11.2 Å². The van der Waals surface area contributed by atoms with Crippen molar-refractivity contribution in [2.75, 3.05) is 21.3 Å². The molecule has 0 aliphatic carbocycles. The Morgan fingerprint density at radius 1 is 1.04 bits per heavy atom. The largest absolute Gasteiger partial charge is 0.493 e. The smallest absolute Gasteiger partial charge is 0.351 e. The fourth-order valence-corrected chi connectivity index (χ4v) is 2.45. The molecule has 0 radical (unpaired) electrons. The van der Waals surface area contributed by atoms with Crippen LogP contribution in [-0.2, 0) is 0 Å². The molecule has 0 saturated carbocycles. The van der Waals surface area contributed by atoms with E-state index in [1.165, 1.54) is 45.6 Å². The number of benzene rings is 2. The third kappa shape index (κ3) is 2.44. The van der Waals surface area contributed by atoms with Crippen molar-refractivity contribution in [1.82, 2.24) is 4.98 Å². The molecule has 1 heterocycles. The van der Waals surface area contributed by atoms with Crippen molar-refractivity contribution in [3.63, 3.8) is 0 Å². The second-order valence-corrected chi connectivity index (χ2v) is 4.83. The Kier molecular flexibility index (Phi) is 4.07. The van der Waals surface area contributed by atoms with E-state index < -0.39 is 11.4 Å². The van der Waals surface area contributed by atoms with Crippen molar-refractivity contribution >= 4 is 10.9 Å². The van der Waals surface area contributed by atoms with Crippen molar-refractivity contribution in [2.45, 2.75) is 0 Å². The second kappa shape index (κ2) is 6.19. The molecule has 2 aromatic carbocycles. The number of halogens is 1. The first-order valence-corrected chi connectivity index (χ1v) is 6.99. The number of hydrogen-bond acceptors (Lipinski definition) is 6. The molecule has 0 unspecified atom stereocenters. The number of ether oxygens (including phenoxy) is 3. The van der Waals surface area contributed by atoms with Crippen molar-refractivity contribution in [1.29, 1.82) is 0 Å². The van der Waals surface area contributed by atoms with Crippen LogP contribution >= 0.6 is 0 Å². The van der Waals surface area contributed by atoms with Gasteiger partial charge in [-0.1, -0.05) is 12.1 Å². The monoisotopic (exact) mass is 331 g/mol. The Bertz CT molecular complexity index is 967. The lowest BCUT2D eigenvalue weighted by atomic mass is 10.1. The van der Waals surface area contributed by atoms with E-state index in [-0.39, 0.29) is 33.9 Å². The van der Waals surface area contributed by atoms with Gasteiger partial charge in [-0.2, -0.15) is 0 Å². The Labute approximate surface area is 136 Å². The summed E-state index contributed by atoms with van der Waals surface area (Å²) in [6.45, 7) is 0. The predicted molar refractivity (Wildman–Crippen MR) is 85.3 cm³/mol. The molecule has 7 heteroatoms. The van der Waals surface area contributed by atoms with Crippen LogP contribution in [0.25, 0.3) is 22.4 Å². The van der Waals surface area contributed by atoms with Crippen LogP contribution in [0.15, 0.2) is 39.5 Å². The molecule has 0 fully saturated rings. The molecule has 0 bridgehead atoms. The van der Waals surface area contributed by atoms with Gasteiger partial charge in [0.25, 0.3) is 0 Å². The van der Waals surface area contributed by atoms with Crippen LogP contribution in [0.5, 0.6) is 17.2 Å². The van der Waals surface area contributed by atoms with E-state index in [4.69, 9.17) is 18.6 Å². The summed E-state index contributed by atoms with van der Waals surface area (Å²) in [5.41, 5.74) is -0.375. The first-order chi connectivity index (χ1) is 11.6. The maximum Gasteiger partial charge on any atom is 0.351 e. The quantitative estimate of drug-likeness (QED) is 0.732. The minimum Gasteiger partial charge on any atom is -0.493 e. The highest BCUT2D eigenvalue weighted by molar-refractivity contribution is 5.90. The van der Waals surface area contributed by atoms with Crippen LogP contribution < -0.4 is 19.8 Å². The van der Waals surface area contributed by atoms with Gasteiger partial charge in [-0.15, -0.1) is 0 Å². The number of methoxy groups -OCH3 is 3. The summed E-state index contributed by atoms with van der Waals surface area (Å²) in [6.07, 6.45) is 0. The van der Waals surface area contributed by atoms with E-state index in [2.05, 4.69) is 4.98 Å². The van der Waals surface area contributed by atoms with Crippen LogP contribution in [0.2, 0.25) is 0 Å². The molecular weight excluding hydrogens is 317 g/mol. The zero-order valence-electron chi connectivity index (χ0n) is 13.3. The highest BCUT2D eigenvalue weighted by Gasteiger charge is 2.22. The van der Waals surface area contributed by atoms with Crippen LogP contribution in [0.4, 0.5) is 4.39 Å². The van der Waals surface area contributed by atoms with Gasteiger partial charge < -0.3 is 18.6 Å². The summed E-state index contributed by atoms with van der Waals surface area (Å²) in [5, 5.41) is 0.0928. The molecule has 0 amide bonds. The van der Waals surface area contributed by atoms with Gasteiger partial charge in [0, 0.05) is 6.07 Å². The fraction of sp³-hybridized carbons (Fsp3) is 0.176. The molecular formula is C17H14FNO5. The molecule has 0 spiro atoms. The lowest BCUT2D eigenvalue weighted by molar-refractivity contribution is 0.326. The van der Waals surface area contributed by atoms with Gasteiger partial charge in [0.2, 0.25) is 11.6 Å². The third-order valence-electron chi connectivity index (χ3n) is 3.53. The maximum absolute atomic E-state index is 13.9. The standard InChI is InChI=1S/C17H14FNO5/c1-21-12-8-11-13(15(23-3)14(12)22-2)17(20)24-16(19-11)9-6-4-5-7-10(9)18/h4-8H,1-3H3. The Morgan fingerprint density at radius 3 is 2.38 bits per heavy atom. The van der Waals surface area contributed by atoms with Crippen LogP contribution in [-0.4, -0.2) is 26.3 Å². The number of nitrogens with zero attached hydrogens (tertiary/aromatic N) is 1. The molecule has 6 nitrogen and oxygen atoms in total. The maximum atomic E-state index is 13.9. The van der Waals surface area contributed by atoms with Crippen molar-refractivity contribution in [3.05, 3.63) is 46.6 Å². The number of aromatic nitrogens is 1. The summed E-state index contributed by atoms with van der Waals surface area (Å²) in [6, 6.07) is 7.41. The molecule has 24 heavy (non-hydrogen) atoms. The summed E-state index contributed by atoms with van der Waals surface area (Å²) in [5.74, 6) is 0.0627. The Hall–Kier alpha value is -3.09. The first-order valence-electron chi connectivity index (χ1n) is 6.99. The van der Waals surface area contributed by atoms with Gasteiger partial charge in [0.15, 0.2) is 11.5 Å². The van der Waals surface area contributed by atoms with Gasteiger partial charge in [0.05, 0.1) is 32.4 Å². The van der Waals surface area contributed by atoms with Crippen molar-refractivity contribution in [3.8, 4) is 28.7 Å². The number of hydrogen-bond donors (Lipinski definition) is 0. The molecule has 0 atom stereocenters. The predicted octanol–water partition coefficient (Wildman–Crippen LogP) is 3.02. The molecule has 124 valence electrons. The average molecular weight is 331 g/mol. The number of rotatable bonds is 4. The van der Waals surface area contributed by atoms with Crippen LogP contribution in [0.3, 0.4) is 0 Å². The molecule has 0 aliphatic rings. The zero-order chi connectivity index (χ0) is 17.3. The topological polar surface area (TPSA) is 70.8 Å². The lowest BCUT2D eigenvalue weighted by Gasteiger charge is -2.13. The second-order valence-electron chi connectivity index (χ2n) is 4.83. The highest BCUT2D eigenvalue weighted by Crippen LogP contribution is 2.41. The van der Waals surface area contributed by atoms with E-state index in [0.717, 1.165) is 0 Å². The Balaban J connectivity index is 2.37. The highest BCUT2D eigenvalue weighted by atomic mass is 19.1. The summed E-state index contributed by atoms with van der Waals surface area (Å²) in [7, 11) is 4.27. The SMILES string of the molecule is COc1cc2nc(-c3ccccc3F)oc(=O)c2c(OC)c1OC. The van der Waals surface area contributed by atoms with Gasteiger partial charge >= 0.3 is 5.63 Å². The van der Waals surface area contributed by atoms with E-state index in [1.54, 1.807) is 6.07 Å². The number of fused-ring (bicyclic) bond motifs is 1. The normalized spacial score (nSPS) is 10.7. The van der Waals surface area contributed by atoms with Crippen LogP contribution in [0.1, 0.15) is 0 Å². The minimum absolute atomic E-state index is 0.0882. The van der Waals surface area contributed by atoms with E-state index in [1.807, 2.05) is 0 Å². The average Bonchev–Trinajstić information content (AvgIpc) is 2.60. The molecule has 0 N–H and O–H groups in total. The first kappa shape index (κ1) is 15.8. The third-order valence-corrected chi connectivity index (χ3v) is 3.53. The van der Waals surface area contributed by atoms with E-state index in [0.29, 0.717) is 5.75 Å². The van der Waals surface area contributed by atoms with E-state index in [9.17, 15) is 9.18 Å². The van der Waals surface area contributed by atoms with Gasteiger partial charge in [-0.3, -0.25) is 0 Å². The van der Waals surface area contributed by atoms with Gasteiger partial charge in [-0.05, 0) is 12.1 Å². The molecule has 3 rings (SSSR count). The Morgan fingerprint density at radius 2 is 1.75 bits per heavy atom. The summed E-state index contributed by atoms with van der Waals surface area (Å²) < 4.78 is 34.9. The van der Waals surface area contributed by atoms with Crippen molar-refractivity contribution in [2.24, 2.45) is 0 Å². The molecule has 0 saturated heterocycles. The summed E-state index contributed by atoms with van der Waals surface area (Å²) >= 11 is 0. The minimum atomic E-state index is -0.712. The van der Waals surface area contributed by atoms with E-state index >= 15 is 0 Å². The van der Waals surface area contributed by atoms with Crippen molar-refractivity contribution < 1.29 is 23.0 Å². The zero-order valence-corrected chi connectivity index (χ0v) is 13.3. The molecule has 1 aromatic heterocycles. The van der Waals surface area contributed by atoms with Crippen LogP contribution in [0, 0.1) is 5.82 Å². The van der Waals surface area contributed by atoms with Gasteiger partial charge in [-0.25, -0.2) is 14.2 Å². The lowest BCUT2D eigenvalue weighted by Crippen LogP contribution is -2.07. The summed E-state index contributed by atoms with van der Waals surface area (Å²) in [4.78, 5) is 16.7. The molecule has 0 aliphatic heterocycles. The fourth-order valence-electron chi connectivity index (χ4n) is 2.45. The molecule has 3 aromatic rings.